The van der Waals surface area contributed by atoms with Crippen molar-refractivity contribution in [2.75, 3.05) is 45.9 Å². The van der Waals surface area contributed by atoms with Gasteiger partial charge in [0.25, 0.3) is 0 Å². The third-order valence-electron chi connectivity index (χ3n) is 5.15. The first-order valence-electron chi connectivity index (χ1n) is 9.83. The average Bonchev–Trinajstić information content (AvgIpc) is 2.58. The molecule has 2 heterocycles. The molecule has 6 nitrogen and oxygen atoms in total. The van der Waals surface area contributed by atoms with Crippen molar-refractivity contribution >= 4 is 6.09 Å². The molecule has 0 aromatic carbocycles. The van der Waals surface area contributed by atoms with E-state index in [1.807, 2.05) is 25.7 Å². The van der Waals surface area contributed by atoms with Gasteiger partial charge in [0.15, 0.2) is 0 Å². The van der Waals surface area contributed by atoms with E-state index in [9.17, 15) is 4.79 Å². The Balaban J connectivity index is 1.77. The number of likely N-dealkylation sites (N-methyl/N-ethyl adjacent to an activating group) is 1. The van der Waals surface area contributed by atoms with Crippen molar-refractivity contribution in [1.29, 1.82) is 0 Å². The van der Waals surface area contributed by atoms with Crippen LogP contribution in [0.2, 0.25) is 0 Å². The number of morpholine rings is 1. The van der Waals surface area contributed by atoms with E-state index in [2.05, 4.69) is 24.1 Å². The number of likely N-dealkylation sites (tertiary alicyclic amines) is 1. The highest BCUT2D eigenvalue weighted by Gasteiger charge is 2.30. The first-order valence-corrected chi connectivity index (χ1v) is 9.83. The third kappa shape index (κ3) is 6.76. The molecular weight excluding hydrogens is 318 g/mol. The van der Waals surface area contributed by atoms with Gasteiger partial charge in [-0.15, -0.1) is 0 Å². The van der Waals surface area contributed by atoms with E-state index >= 15 is 0 Å². The molecule has 0 aliphatic carbocycles. The average molecular weight is 356 g/mol. The van der Waals surface area contributed by atoms with Crippen LogP contribution in [0.4, 0.5) is 4.79 Å². The molecule has 0 aromatic rings. The zero-order chi connectivity index (χ0) is 18.4. The number of carbonyl (C=O) groups excluding carboxylic acids is 1. The first kappa shape index (κ1) is 20.5. The Bertz CT molecular complexity index is 425. The minimum absolute atomic E-state index is 0.182. The summed E-state index contributed by atoms with van der Waals surface area (Å²) in [6, 6.07) is 0.367. The Labute approximate surface area is 153 Å². The van der Waals surface area contributed by atoms with E-state index < -0.39 is 5.60 Å². The Morgan fingerprint density at radius 1 is 1.32 bits per heavy atom. The monoisotopic (exact) mass is 355 g/mol. The van der Waals surface area contributed by atoms with Crippen LogP contribution in [0.5, 0.6) is 0 Å². The first-order chi connectivity index (χ1) is 11.8. The van der Waals surface area contributed by atoms with Crippen molar-refractivity contribution in [3.8, 4) is 0 Å². The molecule has 6 heteroatoms. The van der Waals surface area contributed by atoms with E-state index in [1.165, 1.54) is 0 Å². The van der Waals surface area contributed by atoms with Gasteiger partial charge in [0.2, 0.25) is 0 Å². The summed E-state index contributed by atoms with van der Waals surface area (Å²) in [6.45, 7) is 16.6. The molecule has 0 aromatic heterocycles. The van der Waals surface area contributed by atoms with Gasteiger partial charge in [-0.1, -0.05) is 6.92 Å². The summed E-state index contributed by atoms with van der Waals surface area (Å²) >= 11 is 0. The molecule has 2 aliphatic rings. The maximum atomic E-state index is 12.3. The number of piperidine rings is 1. The number of rotatable bonds is 5. The number of carbonyl (C=O) groups is 1. The SMILES string of the molecule is CCN1CCOC(CNC(C)C2CCCN(C(=O)OC(C)(C)C)C2)C1. The van der Waals surface area contributed by atoms with Crippen molar-refractivity contribution < 1.29 is 14.3 Å². The summed E-state index contributed by atoms with van der Waals surface area (Å²) in [6.07, 6.45) is 2.28. The van der Waals surface area contributed by atoms with Gasteiger partial charge in [0.1, 0.15) is 5.60 Å². The molecule has 146 valence electrons. The smallest absolute Gasteiger partial charge is 0.410 e. The van der Waals surface area contributed by atoms with Crippen LogP contribution in [0, 0.1) is 5.92 Å². The molecule has 0 bridgehead atoms. The highest BCUT2D eigenvalue weighted by atomic mass is 16.6. The molecule has 0 spiro atoms. The highest BCUT2D eigenvalue weighted by molar-refractivity contribution is 5.68. The number of ether oxygens (including phenoxy) is 2. The molecule has 2 saturated heterocycles. The molecular formula is C19H37N3O3. The van der Waals surface area contributed by atoms with E-state index in [4.69, 9.17) is 9.47 Å². The zero-order valence-corrected chi connectivity index (χ0v) is 16.7. The van der Waals surface area contributed by atoms with Crippen molar-refractivity contribution in [3.63, 3.8) is 0 Å². The minimum Gasteiger partial charge on any atom is -0.444 e. The number of nitrogens with one attached hydrogen (secondary N) is 1. The van der Waals surface area contributed by atoms with E-state index in [1.54, 1.807) is 0 Å². The Morgan fingerprint density at radius 3 is 2.76 bits per heavy atom. The molecule has 0 saturated carbocycles. The van der Waals surface area contributed by atoms with Crippen LogP contribution in [-0.4, -0.2) is 79.5 Å². The molecule has 2 rings (SSSR count). The van der Waals surface area contributed by atoms with Crippen LogP contribution in [0.15, 0.2) is 0 Å². The molecule has 2 aliphatic heterocycles. The van der Waals surface area contributed by atoms with E-state index in [0.29, 0.717) is 12.0 Å². The predicted octanol–water partition coefficient (Wildman–Crippen LogP) is 2.33. The lowest BCUT2D eigenvalue weighted by Gasteiger charge is -2.38. The van der Waals surface area contributed by atoms with Gasteiger partial charge in [0.05, 0.1) is 12.7 Å². The maximum Gasteiger partial charge on any atom is 0.410 e. The number of hydrogen-bond donors (Lipinski definition) is 1. The van der Waals surface area contributed by atoms with Crippen LogP contribution in [0.1, 0.15) is 47.5 Å². The summed E-state index contributed by atoms with van der Waals surface area (Å²) < 4.78 is 11.4. The van der Waals surface area contributed by atoms with Gasteiger partial charge >= 0.3 is 6.09 Å². The van der Waals surface area contributed by atoms with Gasteiger partial charge in [-0.25, -0.2) is 4.79 Å². The number of amides is 1. The summed E-state index contributed by atoms with van der Waals surface area (Å²) in [5.74, 6) is 0.465. The van der Waals surface area contributed by atoms with Crippen LogP contribution < -0.4 is 5.32 Å². The van der Waals surface area contributed by atoms with Crippen LogP contribution in [0.3, 0.4) is 0 Å². The van der Waals surface area contributed by atoms with Gasteiger partial charge < -0.3 is 19.7 Å². The number of nitrogens with zero attached hydrogens (tertiary/aromatic N) is 2. The standard InChI is InChI=1S/C19H37N3O3/c1-6-21-10-11-24-17(14-21)12-20-15(2)16-8-7-9-22(13-16)18(23)25-19(3,4)5/h15-17,20H,6-14H2,1-5H3. The van der Waals surface area contributed by atoms with Crippen molar-refractivity contribution in [3.05, 3.63) is 0 Å². The minimum atomic E-state index is -0.433. The fraction of sp³-hybridized carbons (Fsp3) is 0.947. The largest absolute Gasteiger partial charge is 0.444 e. The second kappa shape index (κ2) is 9.19. The second-order valence-corrected chi connectivity index (χ2v) is 8.41. The van der Waals surface area contributed by atoms with Gasteiger partial charge in [0, 0.05) is 38.8 Å². The fourth-order valence-corrected chi connectivity index (χ4v) is 3.59. The van der Waals surface area contributed by atoms with E-state index in [0.717, 1.165) is 58.7 Å². The van der Waals surface area contributed by atoms with Crippen molar-refractivity contribution in [2.45, 2.75) is 65.2 Å². The fourth-order valence-electron chi connectivity index (χ4n) is 3.59. The van der Waals surface area contributed by atoms with Crippen LogP contribution >= 0.6 is 0 Å². The van der Waals surface area contributed by atoms with Crippen molar-refractivity contribution in [2.24, 2.45) is 5.92 Å². The second-order valence-electron chi connectivity index (χ2n) is 8.41. The van der Waals surface area contributed by atoms with Crippen molar-refractivity contribution in [1.82, 2.24) is 15.1 Å². The molecule has 1 amide bonds. The third-order valence-corrected chi connectivity index (χ3v) is 5.15. The number of hydrogen-bond acceptors (Lipinski definition) is 5. The summed E-state index contributed by atoms with van der Waals surface area (Å²) in [4.78, 5) is 16.6. The predicted molar refractivity (Wildman–Crippen MR) is 99.8 cm³/mol. The van der Waals surface area contributed by atoms with Gasteiger partial charge in [-0.05, 0) is 53.0 Å². The van der Waals surface area contributed by atoms with Crippen LogP contribution in [-0.2, 0) is 9.47 Å². The molecule has 3 atom stereocenters. The normalized spacial score (nSPS) is 27.2. The lowest BCUT2D eigenvalue weighted by Crippen LogP contribution is -2.51. The lowest BCUT2D eigenvalue weighted by molar-refractivity contribution is -0.0277. The molecule has 25 heavy (non-hydrogen) atoms. The topological polar surface area (TPSA) is 54.0 Å². The van der Waals surface area contributed by atoms with Gasteiger partial charge in [-0.2, -0.15) is 0 Å². The Hall–Kier alpha value is -0.850. The van der Waals surface area contributed by atoms with Crippen LogP contribution in [0.25, 0.3) is 0 Å². The van der Waals surface area contributed by atoms with E-state index in [-0.39, 0.29) is 12.2 Å². The Morgan fingerprint density at radius 2 is 2.08 bits per heavy atom. The molecule has 2 fully saturated rings. The quantitative estimate of drug-likeness (QED) is 0.820. The molecule has 3 unspecified atom stereocenters. The lowest BCUT2D eigenvalue weighted by atomic mass is 9.91. The highest BCUT2D eigenvalue weighted by Crippen LogP contribution is 2.22. The summed E-state index contributed by atoms with van der Waals surface area (Å²) in [5, 5.41) is 3.64. The molecule has 1 N–H and O–H groups in total. The Kier molecular flexibility index (Phi) is 7.52. The maximum absolute atomic E-state index is 12.3. The summed E-state index contributed by atoms with van der Waals surface area (Å²) in [7, 11) is 0. The van der Waals surface area contributed by atoms with Gasteiger partial charge in [-0.3, -0.25) is 4.90 Å². The summed E-state index contributed by atoms with van der Waals surface area (Å²) in [5.41, 5.74) is -0.433. The molecule has 0 radical (unpaired) electrons. The zero-order valence-electron chi connectivity index (χ0n) is 16.7.